The number of morpholine rings is 1. The van der Waals surface area contributed by atoms with E-state index in [0.717, 1.165) is 30.2 Å². The SMILES string of the molecule is COc1ccc(OC[C@@H](O)CN2C[C@H](C)O[C@@H](C)C2)c(C(C)(C)C)c1. The Hall–Kier alpha value is -1.30. The third kappa shape index (κ3) is 5.87. The molecule has 1 saturated heterocycles. The Morgan fingerprint density at radius 1 is 1.24 bits per heavy atom. The molecule has 142 valence electrons. The first-order valence-corrected chi connectivity index (χ1v) is 9.06. The van der Waals surface area contributed by atoms with Gasteiger partial charge in [0.1, 0.15) is 24.2 Å². The van der Waals surface area contributed by atoms with Crippen LogP contribution in [0.25, 0.3) is 0 Å². The zero-order valence-corrected chi connectivity index (χ0v) is 16.4. The molecule has 25 heavy (non-hydrogen) atoms. The van der Waals surface area contributed by atoms with Gasteiger partial charge in [-0.3, -0.25) is 4.90 Å². The lowest BCUT2D eigenvalue weighted by Crippen LogP contribution is -2.48. The number of benzene rings is 1. The summed E-state index contributed by atoms with van der Waals surface area (Å²) in [7, 11) is 1.66. The Balaban J connectivity index is 1.96. The van der Waals surface area contributed by atoms with Crippen LogP contribution >= 0.6 is 0 Å². The number of hydrogen-bond donors (Lipinski definition) is 1. The quantitative estimate of drug-likeness (QED) is 0.854. The van der Waals surface area contributed by atoms with Crippen molar-refractivity contribution < 1.29 is 19.3 Å². The Morgan fingerprint density at radius 3 is 2.44 bits per heavy atom. The zero-order valence-electron chi connectivity index (χ0n) is 16.4. The first-order chi connectivity index (χ1) is 11.7. The highest BCUT2D eigenvalue weighted by Crippen LogP contribution is 2.34. The van der Waals surface area contributed by atoms with Crippen LogP contribution in [0.1, 0.15) is 40.2 Å². The van der Waals surface area contributed by atoms with Crippen LogP contribution in [0.2, 0.25) is 0 Å². The second-order valence-corrected chi connectivity index (χ2v) is 8.05. The van der Waals surface area contributed by atoms with Crippen molar-refractivity contribution in [3.8, 4) is 11.5 Å². The average molecular weight is 351 g/mol. The average Bonchev–Trinajstić information content (AvgIpc) is 2.50. The van der Waals surface area contributed by atoms with Crippen LogP contribution in [-0.4, -0.2) is 61.7 Å². The fourth-order valence-electron chi connectivity index (χ4n) is 3.32. The van der Waals surface area contributed by atoms with Gasteiger partial charge < -0.3 is 19.3 Å². The highest BCUT2D eigenvalue weighted by atomic mass is 16.5. The number of β-amino-alcohol motifs (C(OH)–C–C–N with tert-alkyl or cyclic N) is 1. The van der Waals surface area contributed by atoms with Crippen molar-refractivity contribution in [1.29, 1.82) is 0 Å². The molecular weight excluding hydrogens is 318 g/mol. The third-order valence-corrected chi connectivity index (χ3v) is 4.39. The van der Waals surface area contributed by atoms with Crippen molar-refractivity contribution in [1.82, 2.24) is 4.90 Å². The molecule has 3 atom stereocenters. The van der Waals surface area contributed by atoms with E-state index in [-0.39, 0.29) is 24.2 Å². The second kappa shape index (κ2) is 8.39. The molecule has 0 radical (unpaired) electrons. The van der Waals surface area contributed by atoms with E-state index in [1.807, 2.05) is 18.2 Å². The summed E-state index contributed by atoms with van der Waals surface area (Å²) >= 11 is 0. The van der Waals surface area contributed by atoms with Gasteiger partial charge in [-0.25, -0.2) is 0 Å². The van der Waals surface area contributed by atoms with Crippen LogP contribution in [-0.2, 0) is 10.2 Å². The summed E-state index contributed by atoms with van der Waals surface area (Å²) in [5.41, 5.74) is 1.01. The number of nitrogens with zero attached hydrogens (tertiary/aromatic N) is 1. The maximum atomic E-state index is 10.4. The zero-order chi connectivity index (χ0) is 18.6. The largest absolute Gasteiger partial charge is 0.497 e. The topological polar surface area (TPSA) is 51.2 Å². The summed E-state index contributed by atoms with van der Waals surface area (Å²) in [6.07, 6.45) is -0.135. The number of hydrogen-bond acceptors (Lipinski definition) is 5. The first-order valence-electron chi connectivity index (χ1n) is 9.06. The van der Waals surface area contributed by atoms with E-state index in [9.17, 15) is 5.11 Å². The van der Waals surface area contributed by atoms with Crippen molar-refractivity contribution in [2.24, 2.45) is 0 Å². The van der Waals surface area contributed by atoms with Gasteiger partial charge in [0.15, 0.2) is 0 Å². The highest BCUT2D eigenvalue weighted by Gasteiger charge is 2.25. The Labute approximate surface area is 151 Å². The van der Waals surface area contributed by atoms with Crippen LogP contribution in [0, 0.1) is 0 Å². The Morgan fingerprint density at radius 2 is 1.88 bits per heavy atom. The van der Waals surface area contributed by atoms with E-state index < -0.39 is 6.10 Å². The van der Waals surface area contributed by atoms with Crippen molar-refractivity contribution in [2.75, 3.05) is 33.4 Å². The normalized spacial score (nSPS) is 23.3. The summed E-state index contributed by atoms with van der Waals surface area (Å²) in [5, 5.41) is 10.4. The number of aliphatic hydroxyl groups excluding tert-OH is 1. The molecule has 0 unspecified atom stereocenters. The standard InChI is InChI=1S/C20H33NO4/c1-14-10-21(11-15(2)25-14)12-16(22)13-24-19-8-7-17(23-6)9-18(19)20(3,4)5/h7-9,14-16,22H,10-13H2,1-6H3/t14-,15-,16-/m0/s1. The second-order valence-electron chi connectivity index (χ2n) is 8.05. The van der Waals surface area contributed by atoms with Crippen LogP contribution in [0.4, 0.5) is 0 Å². The van der Waals surface area contributed by atoms with E-state index in [4.69, 9.17) is 14.2 Å². The van der Waals surface area contributed by atoms with Gasteiger partial charge in [0.05, 0.1) is 19.3 Å². The monoisotopic (exact) mass is 351 g/mol. The highest BCUT2D eigenvalue weighted by molar-refractivity contribution is 5.44. The Kier molecular flexibility index (Phi) is 6.72. The van der Waals surface area contributed by atoms with Gasteiger partial charge >= 0.3 is 0 Å². The molecule has 0 saturated carbocycles. The van der Waals surface area contributed by atoms with Crippen molar-refractivity contribution in [3.05, 3.63) is 23.8 Å². The van der Waals surface area contributed by atoms with Crippen LogP contribution in [0.3, 0.4) is 0 Å². The molecule has 5 heteroatoms. The van der Waals surface area contributed by atoms with Crippen molar-refractivity contribution in [2.45, 2.75) is 58.3 Å². The summed E-state index contributed by atoms with van der Waals surface area (Å²) in [6.45, 7) is 13.1. The molecule has 1 N–H and O–H groups in total. The molecule has 1 aromatic carbocycles. The van der Waals surface area contributed by atoms with Gasteiger partial charge in [0, 0.05) is 25.2 Å². The lowest BCUT2D eigenvalue weighted by Gasteiger charge is -2.36. The van der Waals surface area contributed by atoms with Gasteiger partial charge in [0.2, 0.25) is 0 Å². The smallest absolute Gasteiger partial charge is 0.123 e. The van der Waals surface area contributed by atoms with Crippen LogP contribution in [0.5, 0.6) is 11.5 Å². The maximum Gasteiger partial charge on any atom is 0.123 e. The Bertz CT molecular complexity index is 545. The molecule has 5 nitrogen and oxygen atoms in total. The predicted molar refractivity (Wildman–Crippen MR) is 99.6 cm³/mol. The van der Waals surface area contributed by atoms with Gasteiger partial charge in [-0.1, -0.05) is 20.8 Å². The van der Waals surface area contributed by atoms with E-state index in [0.29, 0.717) is 6.54 Å². The first kappa shape index (κ1) is 20.0. The number of ether oxygens (including phenoxy) is 3. The lowest BCUT2D eigenvalue weighted by molar-refractivity contribution is -0.0787. The van der Waals surface area contributed by atoms with Crippen molar-refractivity contribution in [3.63, 3.8) is 0 Å². The maximum absolute atomic E-state index is 10.4. The van der Waals surface area contributed by atoms with Gasteiger partial charge in [0.25, 0.3) is 0 Å². The fourth-order valence-corrected chi connectivity index (χ4v) is 3.32. The molecule has 1 aromatic rings. The molecule has 0 aromatic heterocycles. The van der Waals surface area contributed by atoms with Crippen LogP contribution in [0.15, 0.2) is 18.2 Å². The molecule has 0 spiro atoms. The molecule has 1 aliphatic rings. The molecular formula is C20H33NO4. The molecule has 0 aliphatic carbocycles. The van der Waals surface area contributed by atoms with Gasteiger partial charge in [-0.15, -0.1) is 0 Å². The molecule has 0 amide bonds. The molecule has 1 fully saturated rings. The summed E-state index contributed by atoms with van der Waals surface area (Å²) in [5.74, 6) is 1.62. The molecule has 2 rings (SSSR count). The predicted octanol–water partition coefficient (Wildman–Crippen LogP) is 2.84. The van der Waals surface area contributed by atoms with Gasteiger partial charge in [-0.05, 0) is 37.5 Å². The van der Waals surface area contributed by atoms with Crippen LogP contribution < -0.4 is 9.47 Å². The van der Waals surface area contributed by atoms with E-state index in [2.05, 4.69) is 39.5 Å². The van der Waals surface area contributed by atoms with E-state index in [1.165, 1.54) is 0 Å². The minimum atomic E-state index is -0.535. The lowest BCUT2D eigenvalue weighted by atomic mass is 9.86. The molecule has 1 aliphatic heterocycles. The van der Waals surface area contributed by atoms with E-state index in [1.54, 1.807) is 7.11 Å². The number of aliphatic hydroxyl groups is 1. The summed E-state index contributed by atoms with van der Waals surface area (Å²) in [4.78, 5) is 2.24. The minimum Gasteiger partial charge on any atom is -0.497 e. The molecule has 1 heterocycles. The fraction of sp³-hybridized carbons (Fsp3) is 0.700. The summed E-state index contributed by atoms with van der Waals surface area (Å²) < 4.78 is 17.0. The number of methoxy groups -OCH3 is 1. The van der Waals surface area contributed by atoms with Gasteiger partial charge in [-0.2, -0.15) is 0 Å². The third-order valence-electron chi connectivity index (χ3n) is 4.39. The number of rotatable bonds is 6. The van der Waals surface area contributed by atoms with E-state index >= 15 is 0 Å². The summed E-state index contributed by atoms with van der Waals surface area (Å²) in [6, 6.07) is 5.82. The minimum absolute atomic E-state index is 0.0656. The van der Waals surface area contributed by atoms with Crippen molar-refractivity contribution >= 4 is 0 Å². The molecule has 0 bridgehead atoms.